The van der Waals surface area contributed by atoms with E-state index in [1.54, 1.807) is 4.68 Å². The molecule has 0 fully saturated rings. The first-order valence-corrected chi connectivity index (χ1v) is 5.21. The largest absolute Gasteiger partial charge is 0.376 e. The smallest absolute Gasteiger partial charge is 0.168 e. The molecule has 0 amide bonds. The molecule has 0 saturated carbocycles. The average Bonchev–Trinajstić information content (AvgIpc) is 2.65. The van der Waals surface area contributed by atoms with E-state index in [0.29, 0.717) is 0 Å². The maximum atomic E-state index is 5.38. The molecule has 3 N–H and O–H groups in total. The van der Waals surface area contributed by atoms with Gasteiger partial charge in [0, 0.05) is 24.5 Å². The second-order valence-electron chi connectivity index (χ2n) is 3.47. The van der Waals surface area contributed by atoms with Crippen LogP contribution in [0.1, 0.15) is 0 Å². The second kappa shape index (κ2) is 4.32. The molecular formula is C11H12N4S. The van der Waals surface area contributed by atoms with Gasteiger partial charge in [-0.2, -0.15) is 5.10 Å². The van der Waals surface area contributed by atoms with Crippen molar-refractivity contribution >= 4 is 23.0 Å². The van der Waals surface area contributed by atoms with E-state index in [2.05, 4.69) is 10.4 Å². The quantitative estimate of drug-likeness (QED) is 0.774. The lowest BCUT2D eigenvalue weighted by Crippen LogP contribution is -2.18. The van der Waals surface area contributed by atoms with Gasteiger partial charge < -0.3 is 11.1 Å². The Hall–Kier alpha value is -1.88. The lowest BCUT2D eigenvalue weighted by atomic mass is 10.1. The maximum Gasteiger partial charge on any atom is 0.168 e. The molecule has 1 aromatic carbocycles. The molecule has 0 unspecified atom stereocenters. The van der Waals surface area contributed by atoms with E-state index in [9.17, 15) is 0 Å². The van der Waals surface area contributed by atoms with Crippen LogP contribution in [0.15, 0.2) is 36.7 Å². The van der Waals surface area contributed by atoms with Gasteiger partial charge in [-0.3, -0.25) is 4.68 Å². The van der Waals surface area contributed by atoms with Crippen LogP contribution in [0.5, 0.6) is 0 Å². The summed E-state index contributed by atoms with van der Waals surface area (Å²) in [6.45, 7) is 0. The summed E-state index contributed by atoms with van der Waals surface area (Å²) >= 11 is 4.76. The summed E-state index contributed by atoms with van der Waals surface area (Å²) in [5.74, 6) is 0. The molecule has 0 spiro atoms. The van der Waals surface area contributed by atoms with Gasteiger partial charge in [-0.15, -0.1) is 0 Å². The summed E-state index contributed by atoms with van der Waals surface area (Å²) in [6, 6.07) is 7.86. The van der Waals surface area contributed by atoms with Crippen molar-refractivity contribution in [1.82, 2.24) is 9.78 Å². The Bertz CT molecular complexity index is 501. The van der Waals surface area contributed by atoms with Crippen LogP contribution in [-0.4, -0.2) is 14.9 Å². The van der Waals surface area contributed by atoms with E-state index in [4.69, 9.17) is 18.0 Å². The number of thiocarbonyl (C=S) groups is 1. The van der Waals surface area contributed by atoms with Crippen molar-refractivity contribution in [3.63, 3.8) is 0 Å². The predicted molar refractivity (Wildman–Crippen MR) is 69.1 cm³/mol. The van der Waals surface area contributed by atoms with Crippen molar-refractivity contribution < 1.29 is 0 Å². The summed E-state index contributed by atoms with van der Waals surface area (Å²) in [5.41, 5.74) is 8.47. The van der Waals surface area contributed by atoms with Crippen molar-refractivity contribution in [2.24, 2.45) is 12.8 Å². The van der Waals surface area contributed by atoms with Crippen LogP contribution in [0.2, 0.25) is 0 Å². The number of aryl methyl sites for hydroxylation is 1. The first kappa shape index (κ1) is 10.6. The first-order chi connectivity index (χ1) is 7.65. The fourth-order valence-electron chi connectivity index (χ4n) is 1.46. The Balaban J connectivity index is 2.22. The lowest BCUT2D eigenvalue weighted by molar-refractivity contribution is 0.768. The Labute approximate surface area is 99.1 Å². The van der Waals surface area contributed by atoms with E-state index in [1.165, 1.54) is 0 Å². The second-order valence-corrected chi connectivity index (χ2v) is 3.91. The van der Waals surface area contributed by atoms with Crippen molar-refractivity contribution in [3.05, 3.63) is 36.7 Å². The van der Waals surface area contributed by atoms with Gasteiger partial charge >= 0.3 is 0 Å². The van der Waals surface area contributed by atoms with Crippen LogP contribution in [0.3, 0.4) is 0 Å². The molecule has 16 heavy (non-hydrogen) atoms. The van der Waals surface area contributed by atoms with Gasteiger partial charge in [-0.1, -0.05) is 12.1 Å². The SMILES string of the molecule is Cn1cc(-c2ccc(NC(N)=S)cc2)cn1. The Morgan fingerprint density at radius 2 is 2.00 bits per heavy atom. The number of nitrogens with two attached hydrogens (primary N) is 1. The van der Waals surface area contributed by atoms with Gasteiger partial charge in [0.05, 0.1) is 6.20 Å². The van der Waals surface area contributed by atoms with Gasteiger partial charge in [0.2, 0.25) is 0 Å². The van der Waals surface area contributed by atoms with Gasteiger partial charge in [-0.05, 0) is 29.9 Å². The molecule has 0 atom stereocenters. The molecule has 1 aromatic heterocycles. The highest BCUT2D eigenvalue weighted by Gasteiger charge is 2.00. The Morgan fingerprint density at radius 1 is 1.31 bits per heavy atom. The van der Waals surface area contributed by atoms with Gasteiger partial charge in [0.1, 0.15) is 0 Å². The molecule has 0 saturated heterocycles. The molecule has 82 valence electrons. The Morgan fingerprint density at radius 3 is 2.50 bits per heavy atom. The van der Waals surface area contributed by atoms with E-state index in [0.717, 1.165) is 16.8 Å². The van der Waals surface area contributed by atoms with Crippen LogP contribution in [0.25, 0.3) is 11.1 Å². The molecule has 0 aliphatic heterocycles. The predicted octanol–water partition coefficient (Wildman–Crippen LogP) is 1.74. The molecule has 1 heterocycles. The summed E-state index contributed by atoms with van der Waals surface area (Å²) in [7, 11) is 1.90. The van der Waals surface area contributed by atoms with Crippen LogP contribution in [-0.2, 0) is 7.05 Å². The fraction of sp³-hybridized carbons (Fsp3) is 0.0909. The van der Waals surface area contributed by atoms with Crippen LogP contribution in [0, 0.1) is 0 Å². The topological polar surface area (TPSA) is 55.9 Å². The fourth-order valence-corrected chi connectivity index (χ4v) is 1.58. The summed E-state index contributed by atoms with van der Waals surface area (Å²) in [4.78, 5) is 0. The van der Waals surface area contributed by atoms with Crippen molar-refractivity contribution in [1.29, 1.82) is 0 Å². The Kier molecular flexibility index (Phi) is 2.87. The zero-order valence-electron chi connectivity index (χ0n) is 8.84. The van der Waals surface area contributed by atoms with E-state index in [1.807, 2.05) is 43.7 Å². The molecule has 2 rings (SSSR count). The molecule has 2 aromatic rings. The molecule has 0 bridgehead atoms. The summed E-state index contributed by atoms with van der Waals surface area (Å²) < 4.78 is 1.77. The molecule has 0 radical (unpaired) electrons. The lowest BCUT2D eigenvalue weighted by Gasteiger charge is -2.04. The van der Waals surface area contributed by atoms with Crippen molar-refractivity contribution in [2.45, 2.75) is 0 Å². The van der Waals surface area contributed by atoms with E-state index in [-0.39, 0.29) is 5.11 Å². The highest BCUT2D eigenvalue weighted by atomic mass is 32.1. The minimum absolute atomic E-state index is 0.272. The minimum Gasteiger partial charge on any atom is -0.376 e. The maximum absolute atomic E-state index is 5.38. The standard InChI is InChI=1S/C11H12N4S/c1-15-7-9(6-13-15)8-2-4-10(5-3-8)14-11(12)16/h2-7H,1H3,(H3,12,14,16). The number of anilines is 1. The number of aromatic nitrogens is 2. The number of benzene rings is 1. The third-order valence-corrected chi connectivity index (χ3v) is 2.29. The van der Waals surface area contributed by atoms with E-state index >= 15 is 0 Å². The van der Waals surface area contributed by atoms with Gasteiger partial charge in [0.25, 0.3) is 0 Å². The molecule has 0 aliphatic rings. The highest BCUT2D eigenvalue weighted by Crippen LogP contribution is 2.20. The van der Waals surface area contributed by atoms with Crippen LogP contribution >= 0.6 is 12.2 Å². The van der Waals surface area contributed by atoms with Crippen LogP contribution < -0.4 is 11.1 Å². The van der Waals surface area contributed by atoms with E-state index < -0.39 is 0 Å². The number of rotatable bonds is 2. The number of hydrogen-bond donors (Lipinski definition) is 2. The molecular weight excluding hydrogens is 220 g/mol. The number of nitrogens with zero attached hydrogens (tertiary/aromatic N) is 2. The van der Waals surface area contributed by atoms with Crippen molar-refractivity contribution in [3.8, 4) is 11.1 Å². The number of nitrogens with one attached hydrogen (secondary N) is 1. The van der Waals surface area contributed by atoms with Gasteiger partial charge in [-0.25, -0.2) is 0 Å². The van der Waals surface area contributed by atoms with Crippen LogP contribution in [0.4, 0.5) is 5.69 Å². The zero-order valence-corrected chi connectivity index (χ0v) is 9.66. The monoisotopic (exact) mass is 232 g/mol. The minimum atomic E-state index is 0.272. The summed E-state index contributed by atoms with van der Waals surface area (Å²) in [5, 5.41) is 7.27. The highest BCUT2D eigenvalue weighted by molar-refractivity contribution is 7.80. The normalized spacial score (nSPS) is 10.1. The number of hydrogen-bond acceptors (Lipinski definition) is 2. The zero-order chi connectivity index (χ0) is 11.5. The third kappa shape index (κ3) is 2.38. The third-order valence-electron chi connectivity index (χ3n) is 2.19. The van der Waals surface area contributed by atoms with Gasteiger partial charge in [0.15, 0.2) is 5.11 Å². The molecule has 5 heteroatoms. The summed E-state index contributed by atoms with van der Waals surface area (Å²) in [6.07, 6.45) is 3.80. The molecule has 0 aliphatic carbocycles. The first-order valence-electron chi connectivity index (χ1n) is 4.81. The van der Waals surface area contributed by atoms with Crippen molar-refractivity contribution in [2.75, 3.05) is 5.32 Å². The average molecular weight is 232 g/mol. The molecule has 4 nitrogen and oxygen atoms in total.